The van der Waals surface area contributed by atoms with Gasteiger partial charge in [0.15, 0.2) is 18.1 Å². The van der Waals surface area contributed by atoms with Crippen LogP contribution in [0.25, 0.3) is 0 Å². The Kier molecular flexibility index (Phi) is 7.99. The molecule has 32 heavy (non-hydrogen) atoms. The van der Waals surface area contributed by atoms with Gasteiger partial charge in [-0.15, -0.1) is 0 Å². The molecule has 1 N–H and O–H groups in total. The first kappa shape index (κ1) is 23.0. The number of carbonyl (C=O) groups excluding carboxylic acids is 2. The number of nitrogens with one attached hydrogen (secondary N) is 1. The monoisotopic (exact) mass is 453 g/mol. The molecule has 0 unspecified atom stereocenters. The summed E-state index contributed by atoms with van der Waals surface area (Å²) < 4.78 is 20.9. The summed E-state index contributed by atoms with van der Waals surface area (Å²) in [5.41, 5.74) is 0.808. The lowest BCUT2D eigenvalue weighted by molar-refractivity contribution is -0.119. The first-order valence-corrected chi connectivity index (χ1v) is 10.5. The lowest BCUT2D eigenvalue weighted by atomic mass is 10.2. The van der Waals surface area contributed by atoms with Crippen LogP contribution in [0.3, 0.4) is 0 Å². The SMILES string of the molecule is COc1cc(C(=O)OCC(=O)Nc2ccccc2Sc2ccccc2)cc(OC)c1OC. The minimum absolute atomic E-state index is 0.173. The molecule has 0 saturated carbocycles. The van der Waals surface area contributed by atoms with E-state index >= 15 is 0 Å². The summed E-state index contributed by atoms with van der Waals surface area (Å²) >= 11 is 1.53. The highest BCUT2D eigenvalue weighted by Gasteiger charge is 2.19. The molecule has 1 amide bonds. The highest BCUT2D eigenvalue weighted by Crippen LogP contribution is 2.38. The number of benzene rings is 3. The van der Waals surface area contributed by atoms with Crippen molar-refractivity contribution in [2.24, 2.45) is 0 Å². The van der Waals surface area contributed by atoms with Crippen LogP contribution in [0.15, 0.2) is 76.5 Å². The molecule has 3 aromatic carbocycles. The molecule has 166 valence electrons. The van der Waals surface area contributed by atoms with Crippen molar-refractivity contribution in [2.75, 3.05) is 33.3 Å². The van der Waals surface area contributed by atoms with Crippen molar-refractivity contribution in [3.63, 3.8) is 0 Å². The van der Waals surface area contributed by atoms with E-state index in [1.165, 1.54) is 45.2 Å². The third kappa shape index (κ3) is 5.73. The zero-order valence-corrected chi connectivity index (χ0v) is 18.7. The maximum Gasteiger partial charge on any atom is 0.338 e. The average Bonchev–Trinajstić information content (AvgIpc) is 2.83. The number of esters is 1. The topological polar surface area (TPSA) is 83.1 Å². The van der Waals surface area contributed by atoms with E-state index < -0.39 is 18.5 Å². The normalized spacial score (nSPS) is 10.2. The standard InChI is InChI=1S/C24H23NO6S/c1-28-19-13-16(14-20(29-2)23(19)30-3)24(27)31-15-22(26)25-18-11-7-8-12-21(18)32-17-9-5-4-6-10-17/h4-14H,15H2,1-3H3,(H,25,26). The molecule has 0 atom stereocenters. The lowest BCUT2D eigenvalue weighted by Gasteiger charge is -2.14. The lowest BCUT2D eigenvalue weighted by Crippen LogP contribution is -2.21. The molecule has 0 aliphatic heterocycles. The second-order valence-corrected chi connectivity index (χ2v) is 7.56. The molecule has 0 spiro atoms. The van der Waals surface area contributed by atoms with Crippen molar-refractivity contribution in [2.45, 2.75) is 9.79 Å². The van der Waals surface area contributed by atoms with E-state index in [9.17, 15) is 9.59 Å². The fourth-order valence-corrected chi connectivity index (χ4v) is 3.80. The second-order valence-electron chi connectivity index (χ2n) is 6.45. The summed E-state index contributed by atoms with van der Waals surface area (Å²) in [6, 6.07) is 20.2. The van der Waals surface area contributed by atoms with E-state index in [1.807, 2.05) is 48.5 Å². The van der Waals surface area contributed by atoms with Crippen molar-refractivity contribution in [1.82, 2.24) is 0 Å². The first-order valence-electron chi connectivity index (χ1n) is 9.64. The summed E-state index contributed by atoms with van der Waals surface area (Å²) in [4.78, 5) is 26.8. The number of amides is 1. The molecule has 7 nitrogen and oxygen atoms in total. The number of para-hydroxylation sites is 1. The molecule has 0 fully saturated rings. The molecule has 0 aliphatic carbocycles. The van der Waals surface area contributed by atoms with Gasteiger partial charge < -0.3 is 24.3 Å². The minimum Gasteiger partial charge on any atom is -0.493 e. The highest BCUT2D eigenvalue weighted by atomic mass is 32.2. The zero-order chi connectivity index (χ0) is 22.9. The molecule has 0 aliphatic rings. The Labute approximate surface area is 190 Å². The van der Waals surface area contributed by atoms with Gasteiger partial charge in [0.25, 0.3) is 5.91 Å². The highest BCUT2D eigenvalue weighted by molar-refractivity contribution is 7.99. The molecule has 0 heterocycles. The number of methoxy groups -OCH3 is 3. The molecule has 0 saturated heterocycles. The number of anilines is 1. The summed E-state index contributed by atoms with van der Waals surface area (Å²) in [5.74, 6) is -0.153. The van der Waals surface area contributed by atoms with E-state index in [2.05, 4.69) is 5.32 Å². The minimum atomic E-state index is -0.689. The number of hydrogen-bond donors (Lipinski definition) is 1. The largest absolute Gasteiger partial charge is 0.493 e. The molecule has 8 heteroatoms. The van der Waals surface area contributed by atoms with Crippen molar-refractivity contribution in [3.05, 3.63) is 72.3 Å². The summed E-state index contributed by atoms with van der Waals surface area (Å²) in [6.07, 6.45) is 0. The number of rotatable bonds is 9. The Morgan fingerprint density at radius 2 is 1.47 bits per heavy atom. The van der Waals surface area contributed by atoms with Gasteiger partial charge in [0.1, 0.15) is 0 Å². The van der Waals surface area contributed by atoms with Crippen LogP contribution in [0.1, 0.15) is 10.4 Å². The van der Waals surface area contributed by atoms with Crippen LogP contribution in [0.4, 0.5) is 5.69 Å². The maximum atomic E-state index is 12.5. The van der Waals surface area contributed by atoms with E-state index in [1.54, 1.807) is 6.07 Å². The van der Waals surface area contributed by atoms with Gasteiger partial charge in [0.2, 0.25) is 5.75 Å². The van der Waals surface area contributed by atoms with E-state index in [-0.39, 0.29) is 5.56 Å². The van der Waals surface area contributed by atoms with Gasteiger partial charge in [-0.2, -0.15) is 0 Å². The summed E-state index contributed by atoms with van der Waals surface area (Å²) in [6.45, 7) is -0.445. The van der Waals surface area contributed by atoms with Gasteiger partial charge in [-0.25, -0.2) is 4.79 Å². The van der Waals surface area contributed by atoms with Crippen molar-refractivity contribution < 1.29 is 28.5 Å². The van der Waals surface area contributed by atoms with Crippen LogP contribution in [0.2, 0.25) is 0 Å². The quantitative estimate of drug-likeness (QED) is 0.472. The zero-order valence-electron chi connectivity index (χ0n) is 17.9. The van der Waals surface area contributed by atoms with E-state index in [4.69, 9.17) is 18.9 Å². The number of carbonyl (C=O) groups is 2. The Hall–Kier alpha value is -3.65. The third-order valence-electron chi connectivity index (χ3n) is 4.37. The first-order chi connectivity index (χ1) is 15.5. The van der Waals surface area contributed by atoms with Crippen molar-refractivity contribution in [1.29, 1.82) is 0 Å². The van der Waals surface area contributed by atoms with Crippen LogP contribution in [-0.4, -0.2) is 39.8 Å². The van der Waals surface area contributed by atoms with Crippen molar-refractivity contribution >= 4 is 29.3 Å². The predicted molar refractivity (Wildman–Crippen MR) is 122 cm³/mol. The van der Waals surface area contributed by atoms with Gasteiger partial charge in [-0.05, 0) is 36.4 Å². The Morgan fingerprint density at radius 1 is 0.844 bits per heavy atom. The van der Waals surface area contributed by atoms with E-state index in [0.717, 1.165) is 9.79 Å². The van der Waals surface area contributed by atoms with E-state index in [0.29, 0.717) is 22.9 Å². The van der Waals surface area contributed by atoms with Crippen LogP contribution < -0.4 is 19.5 Å². The van der Waals surface area contributed by atoms with Crippen LogP contribution in [-0.2, 0) is 9.53 Å². The van der Waals surface area contributed by atoms with Crippen LogP contribution in [0.5, 0.6) is 17.2 Å². The van der Waals surface area contributed by atoms with Gasteiger partial charge in [-0.1, -0.05) is 42.1 Å². The smallest absolute Gasteiger partial charge is 0.338 e. The van der Waals surface area contributed by atoms with Crippen molar-refractivity contribution in [3.8, 4) is 17.2 Å². The second kappa shape index (κ2) is 11.1. The molecule has 0 aromatic heterocycles. The van der Waals surface area contributed by atoms with Gasteiger partial charge in [0, 0.05) is 9.79 Å². The fraction of sp³-hybridized carbons (Fsp3) is 0.167. The van der Waals surface area contributed by atoms with Gasteiger partial charge in [-0.3, -0.25) is 4.79 Å². The average molecular weight is 454 g/mol. The summed E-state index contributed by atoms with van der Waals surface area (Å²) in [7, 11) is 4.37. The number of ether oxygens (including phenoxy) is 4. The number of hydrogen-bond acceptors (Lipinski definition) is 7. The molecular formula is C24H23NO6S. The Balaban J connectivity index is 1.65. The Morgan fingerprint density at radius 3 is 2.09 bits per heavy atom. The molecule has 0 bridgehead atoms. The molecule has 3 rings (SSSR count). The Bertz CT molecular complexity index is 1060. The summed E-state index contributed by atoms with van der Waals surface area (Å²) in [5, 5.41) is 2.79. The molecular weight excluding hydrogens is 430 g/mol. The van der Waals surface area contributed by atoms with Gasteiger partial charge in [0.05, 0.1) is 32.6 Å². The predicted octanol–water partition coefficient (Wildman–Crippen LogP) is 4.66. The third-order valence-corrected chi connectivity index (χ3v) is 5.45. The van der Waals surface area contributed by atoms with Gasteiger partial charge >= 0.3 is 5.97 Å². The van der Waals surface area contributed by atoms with Crippen LogP contribution in [0, 0.1) is 0 Å². The molecule has 0 radical (unpaired) electrons. The van der Waals surface area contributed by atoms with Crippen LogP contribution >= 0.6 is 11.8 Å². The maximum absolute atomic E-state index is 12.5. The fourth-order valence-electron chi connectivity index (χ4n) is 2.87. The molecule has 3 aromatic rings.